The number of nitrogens with one attached hydrogen (secondary N) is 1. The largest absolute Gasteiger partial charge is 0.493 e. The fourth-order valence-corrected chi connectivity index (χ4v) is 1.95. The zero-order valence-corrected chi connectivity index (χ0v) is 11.9. The lowest BCUT2D eigenvalue weighted by molar-refractivity contribution is 0.201. The fourth-order valence-electron chi connectivity index (χ4n) is 1.95. The molecule has 0 radical (unpaired) electrons. The van der Waals surface area contributed by atoms with Gasteiger partial charge in [0.25, 0.3) is 0 Å². The lowest BCUT2D eigenvalue weighted by Gasteiger charge is -2.16. The first-order valence-corrected chi connectivity index (χ1v) is 6.25. The molecule has 4 N–H and O–H groups in total. The van der Waals surface area contributed by atoms with E-state index in [2.05, 4.69) is 15.3 Å². The summed E-state index contributed by atoms with van der Waals surface area (Å²) < 4.78 is 6.98. The Bertz CT molecular complexity index is 562. The number of ether oxygens (including phenoxy) is 1. The van der Waals surface area contributed by atoms with Crippen molar-refractivity contribution >= 4 is 5.82 Å². The number of nitrogen functional groups attached to an aromatic ring is 1. The number of hydrogen-bond acceptors (Lipinski definition) is 6. The predicted molar refractivity (Wildman–Crippen MR) is 74.4 cm³/mol. The highest BCUT2D eigenvalue weighted by Gasteiger charge is 2.24. The molecule has 2 rings (SSSR count). The normalized spacial score (nSPS) is 12.8. The molecule has 110 valence electrons. The van der Waals surface area contributed by atoms with Gasteiger partial charge in [0.15, 0.2) is 5.75 Å². The van der Waals surface area contributed by atoms with Gasteiger partial charge < -0.3 is 20.5 Å². The fraction of sp³-hybridized carbons (Fsp3) is 0.500. The predicted octanol–water partition coefficient (Wildman–Crippen LogP) is -0.160. The highest BCUT2D eigenvalue weighted by molar-refractivity contribution is 5.44. The van der Waals surface area contributed by atoms with Crippen LogP contribution in [0.15, 0.2) is 12.4 Å². The van der Waals surface area contributed by atoms with Gasteiger partial charge in [0, 0.05) is 12.1 Å². The number of nitrogens with zero attached hydrogens (tertiary/aromatic N) is 4. The summed E-state index contributed by atoms with van der Waals surface area (Å²) in [5, 5.41) is 21.2. The van der Waals surface area contributed by atoms with Crippen LogP contribution in [-0.2, 0) is 6.54 Å². The van der Waals surface area contributed by atoms with E-state index in [0.29, 0.717) is 29.4 Å². The first kappa shape index (κ1) is 14.4. The summed E-state index contributed by atoms with van der Waals surface area (Å²) in [4.78, 5) is 2.04. The number of hydrogen-bond donors (Lipinski definition) is 3. The van der Waals surface area contributed by atoms with Gasteiger partial charge in [-0.3, -0.25) is 9.78 Å². The summed E-state index contributed by atoms with van der Waals surface area (Å²) in [5.41, 5.74) is 6.84. The van der Waals surface area contributed by atoms with Crippen molar-refractivity contribution in [1.29, 1.82) is 0 Å². The summed E-state index contributed by atoms with van der Waals surface area (Å²) in [7, 11) is 5.50. The summed E-state index contributed by atoms with van der Waals surface area (Å²) >= 11 is 0. The molecule has 1 atom stereocenters. The van der Waals surface area contributed by atoms with Crippen molar-refractivity contribution in [3.8, 4) is 5.75 Å². The van der Waals surface area contributed by atoms with E-state index in [4.69, 9.17) is 10.5 Å². The number of nitrogens with two attached hydrogens (primary N) is 1. The number of anilines is 1. The van der Waals surface area contributed by atoms with Gasteiger partial charge >= 0.3 is 0 Å². The average molecular weight is 280 g/mol. The Kier molecular flexibility index (Phi) is 4.26. The van der Waals surface area contributed by atoms with Gasteiger partial charge in [-0.1, -0.05) is 0 Å². The number of aromatic amines is 1. The molecule has 8 heteroatoms. The molecule has 0 spiro atoms. The molecule has 0 saturated carbocycles. The standard InChI is InChI=1S/C12H20N6O2/c1-17(2)4-5-18-10(9(20-3)7-15-18)11(19)8-6-14-16-12(8)13/h6-7,11,19H,4-5H2,1-3H3,(H3,13,14,16). The van der Waals surface area contributed by atoms with E-state index in [1.807, 2.05) is 19.0 Å². The van der Waals surface area contributed by atoms with Crippen molar-refractivity contribution in [2.24, 2.45) is 0 Å². The van der Waals surface area contributed by atoms with Gasteiger partial charge in [0.2, 0.25) is 0 Å². The Morgan fingerprint density at radius 2 is 2.25 bits per heavy atom. The van der Waals surface area contributed by atoms with Crippen LogP contribution in [0.1, 0.15) is 17.4 Å². The van der Waals surface area contributed by atoms with Crippen LogP contribution in [0.2, 0.25) is 0 Å². The van der Waals surface area contributed by atoms with E-state index in [1.165, 1.54) is 6.20 Å². The third-order valence-electron chi connectivity index (χ3n) is 3.08. The Morgan fingerprint density at radius 1 is 1.50 bits per heavy atom. The maximum Gasteiger partial charge on any atom is 0.163 e. The second-order valence-electron chi connectivity index (χ2n) is 4.77. The zero-order chi connectivity index (χ0) is 14.7. The van der Waals surface area contributed by atoms with E-state index in [0.717, 1.165) is 6.54 Å². The molecule has 0 aromatic carbocycles. The number of H-pyrrole nitrogens is 1. The lowest BCUT2D eigenvalue weighted by atomic mass is 10.1. The quantitative estimate of drug-likeness (QED) is 0.679. The third kappa shape index (κ3) is 2.75. The molecule has 2 aromatic rings. The molecule has 0 aliphatic heterocycles. The smallest absolute Gasteiger partial charge is 0.163 e. The van der Waals surface area contributed by atoms with Crippen molar-refractivity contribution < 1.29 is 9.84 Å². The van der Waals surface area contributed by atoms with Gasteiger partial charge in [0.05, 0.1) is 26.0 Å². The second kappa shape index (κ2) is 5.93. The van der Waals surface area contributed by atoms with Gasteiger partial charge in [-0.15, -0.1) is 0 Å². The zero-order valence-electron chi connectivity index (χ0n) is 11.9. The van der Waals surface area contributed by atoms with Crippen molar-refractivity contribution in [3.05, 3.63) is 23.7 Å². The van der Waals surface area contributed by atoms with E-state index in [9.17, 15) is 5.11 Å². The first-order valence-electron chi connectivity index (χ1n) is 6.25. The Hall–Kier alpha value is -2.06. The van der Waals surface area contributed by atoms with Gasteiger partial charge in [-0.25, -0.2) is 0 Å². The molecule has 8 nitrogen and oxygen atoms in total. The molecule has 0 bridgehead atoms. The van der Waals surface area contributed by atoms with Crippen LogP contribution < -0.4 is 10.5 Å². The Labute approximate surface area is 117 Å². The number of aliphatic hydroxyl groups is 1. The Balaban J connectivity index is 2.33. The highest BCUT2D eigenvalue weighted by Crippen LogP contribution is 2.31. The topological polar surface area (TPSA) is 105 Å². The summed E-state index contributed by atoms with van der Waals surface area (Å²) in [6.07, 6.45) is 2.15. The van der Waals surface area contributed by atoms with Gasteiger partial charge in [-0.2, -0.15) is 10.2 Å². The molecular weight excluding hydrogens is 260 g/mol. The molecule has 20 heavy (non-hydrogen) atoms. The maximum atomic E-state index is 10.5. The van der Waals surface area contributed by atoms with Crippen molar-refractivity contribution in [3.63, 3.8) is 0 Å². The van der Waals surface area contributed by atoms with Gasteiger partial charge in [-0.05, 0) is 14.1 Å². The molecule has 0 aliphatic carbocycles. The van der Waals surface area contributed by atoms with E-state index in [-0.39, 0.29) is 0 Å². The number of methoxy groups -OCH3 is 1. The number of aromatic nitrogens is 4. The number of aliphatic hydroxyl groups excluding tert-OH is 1. The maximum absolute atomic E-state index is 10.5. The average Bonchev–Trinajstić information content (AvgIpc) is 3.01. The van der Waals surface area contributed by atoms with Crippen molar-refractivity contribution in [1.82, 2.24) is 24.9 Å². The summed E-state index contributed by atoms with van der Waals surface area (Å²) in [6.45, 7) is 1.44. The van der Waals surface area contributed by atoms with Crippen LogP contribution in [0.4, 0.5) is 5.82 Å². The first-order chi connectivity index (χ1) is 9.54. The molecule has 0 amide bonds. The molecule has 0 fully saturated rings. The van der Waals surface area contributed by atoms with E-state index in [1.54, 1.807) is 18.0 Å². The highest BCUT2D eigenvalue weighted by atomic mass is 16.5. The minimum absolute atomic E-state index is 0.333. The van der Waals surface area contributed by atoms with Crippen LogP contribution in [0, 0.1) is 0 Å². The Morgan fingerprint density at radius 3 is 2.80 bits per heavy atom. The van der Waals surface area contributed by atoms with Gasteiger partial charge in [0.1, 0.15) is 17.6 Å². The third-order valence-corrected chi connectivity index (χ3v) is 3.08. The van der Waals surface area contributed by atoms with E-state index >= 15 is 0 Å². The molecule has 2 aromatic heterocycles. The lowest BCUT2D eigenvalue weighted by Crippen LogP contribution is -2.21. The number of rotatable bonds is 6. The van der Waals surface area contributed by atoms with Crippen LogP contribution in [0.5, 0.6) is 5.75 Å². The van der Waals surface area contributed by atoms with Crippen LogP contribution in [-0.4, -0.2) is 57.7 Å². The molecule has 0 aliphatic rings. The SMILES string of the molecule is COc1cnn(CCN(C)C)c1C(O)c1cn[nH]c1N. The summed E-state index contributed by atoms with van der Waals surface area (Å²) in [5.74, 6) is 0.858. The molecule has 0 saturated heterocycles. The van der Waals surface area contributed by atoms with E-state index < -0.39 is 6.10 Å². The number of likely N-dealkylation sites (N-methyl/N-ethyl adjacent to an activating group) is 1. The van der Waals surface area contributed by atoms with Crippen molar-refractivity contribution in [2.75, 3.05) is 33.5 Å². The molecule has 1 unspecified atom stereocenters. The molecular formula is C12H20N6O2. The monoisotopic (exact) mass is 280 g/mol. The van der Waals surface area contributed by atoms with Crippen LogP contribution in [0.3, 0.4) is 0 Å². The summed E-state index contributed by atoms with van der Waals surface area (Å²) in [6, 6.07) is 0. The minimum atomic E-state index is -0.937. The van der Waals surface area contributed by atoms with Crippen LogP contribution >= 0.6 is 0 Å². The van der Waals surface area contributed by atoms with Crippen LogP contribution in [0.25, 0.3) is 0 Å². The minimum Gasteiger partial charge on any atom is -0.493 e. The van der Waals surface area contributed by atoms with Crippen molar-refractivity contribution in [2.45, 2.75) is 12.6 Å². The molecule has 2 heterocycles. The second-order valence-corrected chi connectivity index (χ2v) is 4.77.